The van der Waals surface area contributed by atoms with E-state index in [0.717, 1.165) is 10.4 Å². The molecule has 0 aliphatic carbocycles. The molecule has 0 saturated heterocycles. The average molecular weight is 406 g/mol. The van der Waals surface area contributed by atoms with Crippen molar-refractivity contribution in [3.8, 4) is 11.5 Å². The van der Waals surface area contributed by atoms with Gasteiger partial charge in [0, 0.05) is 4.88 Å². The molecule has 2 aromatic heterocycles. The molecular formula is C22H18N2O4S. The maximum atomic E-state index is 12.4. The van der Waals surface area contributed by atoms with Crippen LogP contribution in [0.5, 0.6) is 11.5 Å². The minimum absolute atomic E-state index is 0.121. The highest BCUT2D eigenvalue weighted by Gasteiger charge is 2.14. The number of esters is 1. The highest BCUT2D eigenvalue weighted by Crippen LogP contribution is 2.26. The van der Waals surface area contributed by atoms with Gasteiger partial charge in [-0.2, -0.15) is 0 Å². The number of H-pyrrole nitrogens is 1. The summed E-state index contributed by atoms with van der Waals surface area (Å²) in [6.45, 7) is 3.73. The van der Waals surface area contributed by atoms with E-state index in [4.69, 9.17) is 9.47 Å². The smallest absolute Gasteiger partial charge is 0.338 e. The Bertz CT molecular complexity index is 1240. The fourth-order valence-corrected chi connectivity index (χ4v) is 3.94. The van der Waals surface area contributed by atoms with Crippen molar-refractivity contribution in [1.29, 1.82) is 0 Å². The second-order valence-electron chi connectivity index (χ2n) is 6.50. The van der Waals surface area contributed by atoms with E-state index in [0.29, 0.717) is 33.1 Å². The molecule has 0 amide bonds. The summed E-state index contributed by atoms with van der Waals surface area (Å²) < 4.78 is 11.1. The van der Waals surface area contributed by atoms with Crippen LogP contribution in [0.4, 0.5) is 0 Å². The summed E-state index contributed by atoms with van der Waals surface area (Å²) in [7, 11) is 0. The van der Waals surface area contributed by atoms with Crippen LogP contribution in [-0.4, -0.2) is 15.9 Å². The number of benzene rings is 2. The molecule has 0 atom stereocenters. The first-order valence-corrected chi connectivity index (χ1v) is 9.82. The van der Waals surface area contributed by atoms with Gasteiger partial charge in [0.15, 0.2) is 0 Å². The fourth-order valence-electron chi connectivity index (χ4n) is 2.90. The number of aromatic amines is 1. The van der Waals surface area contributed by atoms with Gasteiger partial charge >= 0.3 is 5.97 Å². The van der Waals surface area contributed by atoms with Crippen molar-refractivity contribution >= 4 is 27.5 Å². The molecule has 2 heterocycles. The molecule has 0 saturated carbocycles. The molecule has 6 nitrogen and oxygen atoms in total. The van der Waals surface area contributed by atoms with Crippen LogP contribution in [0.3, 0.4) is 0 Å². The Morgan fingerprint density at radius 3 is 2.62 bits per heavy atom. The molecule has 0 bridgehead atoms. The number of rotatable bonds is 5. The van der Waals surface area contributed by atoms with Crippen LogP contribution in [-0.2, 0) is 11.3 Å². The Balaban J connectivity index is 1.48. The monoisotopic (exact) mass is 406 g/mol. The molecule has 146 valence electrons. The average Bonchev–Trinajstić information content (AvgIpc) is 3.01. The molecule has 1 N–H and O–H groups in total. The van der Waals surface area contributed by atoms with Crippen LogP contribution in [0.2, 0.25) is 0 Å². The summed E-state index contributed by atoms with van der Waals surface area (Å²) in [5.41, 5.74) is 1.06. The van der Waals surface area contributed by atoms with Gasteiger partial charge in [-0.05, 0) is 49.7 Å². The van der Waals surface area contributed by atoms with Crippen molar-refractivity contribution in [2.24, 2.45) is 0 Å². The lowest BCUT2D eigenvalue weighted by Crippen LogP contribution is -2.14. The minimum Gasteiger partial charge on any atom is -0.457 e. The van der Waals surface area contributed by atoms with Gasteiger partial charge in [0.25, 0.3) is 5.56 Å². The Hall–Kier alpha value is -3.45. The number of carbonyl (C=O) groups is 1. The third kappa shape index (κ3) is 4.05. The number of hydrogen-bond donors (Lipinski definition) is 1. The summed E-state index contributed by atoms with van der Waals surface area (Å²) in [5, 5.41) is 0.591. The largest absolute Gasteiger partial charge is 0.457 e. The predicted octanol–water partition coefficient (Wildman–Crippen LogP) is 4.75. The van der Waals surface area contributed by atoms with Crippen molar-refractivity contribution in [3.05, 3.63) is 86.8 Å². The zero-order valence-corrected chi connectivity index (χ0v) is 16.7. The van der Waals surface area contributed by atoms with Gasteiger partial charge in [0.1, 0.15) is 28.8 Å². The number of hydrogen-bond acceptors (Lipinski definition) is 6. The van der Waals surface area contributed by atoms with E-state index in [-0.39, 0.29) is 12.2 Å². The molecule has 4 aromatic rings. The Kier molecular flexibility index (Phi) is 5.14. The molecule has 0 unspecified atom stereocenters. The molecule has 0 spiro atoms. The van der Waals surface area contributed by atoms with Gasteiger partial charge in [-0.15, -0.1) is 11.3 Å². The van der Waals surface area contributed by atoms with Gasteiger partial charge in [-0.1, -0.05) is 24.3 Å². The first-order valence-electron chi connectivity index (χ1n) is 9.00. The van der Waals surface area contributed by atoms with Gasteiger partial charge in [-0.25, -0.2) is 9.78 Å². The maximum absolute atomic E-state index is 12.4. The summed E-state index contributed by atoms with van der Waals surface area (Å²) >= 11 is 1.45. The summed E-state index contributed by atoms with van der Waals surface area (Å²) in [4.78, 5) is 33.6. The summed E-state index contributed by atoms with van der Waals surface area (Å²) in [5.74, 6) is 0.997. The standard InChI is InChI=1S/C22H18N2O4S/c1-13-14(2)29-21-19(13)20(25)23-18(24-21)12-27-22(26)15-7-6-10-17(11-15)28-16-8-4-3-5-9-16/h3-11H,12H2,1-2H3,(H,23,24,25). The van der Waals surface area contributed by atoms with E-state index in [1.807, 2.05) is 44.2 Å². The molecule has 2 aromatic carbocycles. The Morgan fingerprint density at radius 2 is 1.83 bits per heavy atom. The van der Waals surface area contributed by atoms with E-state index in [1.165, 1.54) is 11.3 Å². The van der Waals surface area contributed by atoms with Crippen molar-refractivity contribution in [2.75, 3.05) is 0 Å². The quantitative estimate of drug-likeness (QED) is 0.484. The number of nitrogens with one attached hydrogen (secondary N) is 1. The second kappa shape index (κ2) is 7.89. The Morgan fingerprint density at radius 1 is 1.07 bits per heavy atom. The zero-order valence-electron chi connectivity index (χ0n) is 15.9. The third-order valence-corrected chi connectivity index (χ3v) is 5.58. The topological polar surface area (TPSA) is 81.3 Å². The molecular weight excluding hydrogens is 388 g/mol. The zero-order chi connectivity index (χ0) is 20.4. The number of fused-ring (bicyclic) bond motifs is 1. The van der Waals surface area contributed by atoms with Crippen LogP contribution in [0.1, 0.15) is 26.6 Å². The molecule has 4 rings (SSSR count). The van der Waals surface area contributed by atoms with Gasteiger partial charge in [-0.3, -0.25) is 4.79 Å². The van der Waals surface area contributed by atoms with Crippen LogP contribution in [0.15, 0.2) is 59.4 Å². The maximum Gasteiger partial charge on any atom is 0.338 e. The lowest BCUT2D eigenvalue weighted by Gasteiger charge is -2.08. The minimum atomic E-state index is -0.523. The van der Waals surface area contributed by atoms with Crippen molar-refractivity contribution in [1.82, 2.24) is 9.97 Å². The number of nitrogens with zero attached hydrogens (tertiary/aromatic N) is 1. The molecule has 0 fully saturated rings. The fraction of sp³-hybridized carbons (Fsp3) is 0.136. The second-order valence-corrected chi connectivity index (χ2v) is 7.70. The van der Waals surface area contributed by atoms with Crippen molar-refractivity contribution < 1.29 is 14.3 Å². The molecule has 0 aliphatic rings. The Labute approximate surface area is 170 Å². The highest BCUT2D eigenvalue weighted by atomic mass is 32.1. The third-order valence-electron chi connectivity index (χ3n) is 4.48. The summed E-state index contributed by atoms with van der Waals surface area (Å²) in [6, 6.07) is 16.0. The SMILES string of the molecule is Cc1sc2nc(COC(=O)c3cccc(Oc4ccccc4)c3)[nH]c(=O)c2c1C. The predicted molar refractivity (Wildman–Crippen MR) is 112 cm³/mol. The first kappa shape index (κ1) is 18.9. The molecule has 0 aliphatic heterocycles. The number of carbonyl (C=O) groups excluding carboxylic acids is 1. The number of aryl methyl sites for hydroxylation is 2. The van der Waals surface area contributed by atoms with E-state index in [9.17, 15) is 9.59 Å². The van der Waals surface area contributed by atoms with Crippen LogP contribution >= 0.6 is 11.3 Å². The van der Waals surface area contributed by atoms with Gasteiger partial charge in [0.2, 0.25) is 0 Å². The van der Waals surface area contributed by atoms with Crippen LogP contribution < -0.4 is 10.3 Å². The lowest BCUT2D eigenvalue weighted by atomic mass is 10.2. The van der Waals surface area contributed by atoms with Crippen LogP contribution in [0, 0.1) is 13.8 Å². The van der Waals surface area contributed by atoms with E-state index in [1.54, 1.807) is 24.3 Å². The molecule has 0 radical (unpaired) electrons. The normalized spacial score (nSPS) is 10.8. The number of aromatic nitrogens is 2. The van der Waals surface area contributed by atoms with Gasteiger partial charge in [0.05, 0.1) is 10.9 Å². The van der Waals surface area contributed by atoms with Crippen molar-refractivity contribution in [2.45, 2.75) is 20.5 Å². The van der Waals surface area contributed by atoms with E-state index < -0.39 is 5.97 Å². The van der Waals surface area contributed by atoms with E-state index in [2.05, 4.69) is 9.97 Å². The van der Waals surface area contributed by atoms with Crippen LogP contribution in [0.25, 0.3) is 10.2 Å². The lowest BCUT2D eigenvalue weighted by molar-refractivity contribution is 0.0462. The van der Waals surface area contributed by atoms with Crippen molar-refractivity contribution in [3.63, 3.8) is 0 Å². The molecule has 29 heavy (non-hydrogen) atoms. The number of ether oxygens (including phenoxy) is 2. The highest BCUT2D eigenvalue weighted by molar-refractivity contribution is 7.18. The molecule has 7 heteroatoms. The number of para-hydroxylation sites is 1. The summed E-state index contributed by atoms with van der Waals surface area (Å²) in [6.07, 6.45) is 0. The first-order chi connectivity index (χ1) is 14.0. The number of thiophene rings is 1. The van der Waals surface area contributed by atoms with E-state index >= 15 is 0 Å². The van der Waals surface area contributed by atoms with Gasteiger partial charge < -0.3 is 14.5 Å².